The SMILES string of the molecule is Oc1ccc(Cl)cc1C1C(CCC2=CC3=C(CCCC3)C2c2cc(Cl)ccc2O)=CC2=C1CCCC2.[Zr]. The van der Waals surface area contributed by atoms with Crippen LogP contribution < -0.4 is 0 Å². The summed E-state index contributed by atoms with van der Waals surface area (Å²) in [5.74, 6) is 0.880. The van der Waals surface area contributed by atoms with Gasteiger partial charge in [0.2, 0.25) is 0 Å². The van der Waals surface area contributed by atoms with Crippen LogP contribution in [0.15, 0.2) is 82.0 Å². The second-order valence-electron chi connectivity index (χ2n) is 10.7. The molecule has 0 radical (unpaired) electrons. The minimum absolute atomic E-state index is 0. The van der Waals surface area contributed by atoms with E-state index in [1.807, 2.05) is 12.1 Å². The Morgan fingerprint density at radius 3 is 1.46 bits per heavy atom. The predicted molar refractivity (Wildman–Crippen MR) is 148 cm³/mol. The van der Waals surface area contributed by atoms with Gasteiger partial charge in [0.1, 0.15) is 11.5 Å². The van der Waals surface area contributed by atoms with Crippen LogP contribution in [-0.2, 0) is 26.2 Å². The van der Waals surface area contributed by atoms with Crippen LogP contribution in [0.25, 0.3) is 0 Å². The third-order valence-corrected chi connectivity index (χ3v) is 9.04. The first-order valence-corrected chi connectivity index (χ1v) is 14.1. The van der Waals surface area contributed by atoms with Crippen LogP contribution in [0.4, 0.5) is 0 Å². The average molecular weight is 611 g/mol. The summed E-state index contributed by atoms with van der Waals surface area (Å²) in [6.07, 6.45) is 16.0. The standard InChI is InChI=1S/C32H32Cl2O2.Zr/c33-23-11-13-29(35)27(17-23)31-21(15-19-5-1-3-7-25(19)31)9-10-22-16-20-6-2-4-8-26(20)32(22)28-18-24(34)12-14-30(28)36;/h11-18,31-32,35-36H,1-10H2;. The molecule has 2 aromatic carbocycles. The summed E-state index contributed by atoms with van der Waals surface area (Å²) in [6.45, 7) is 0. The van der Waals surface area contributed by atoms with Crippen LogP contribution in [0.2, 0.25) is 10.0 Å². The number of rotatable bonds is 5. The van der Waals surface area contributed by atoms with Gasteiger partial charge in [-0.1, -0.05) is 57.6 Å². The number of allylic oxidation sites excluding steroid dienone is 8. The van der Waals surface area contributed by atoms with Crippen molar-refractivity contribution >= 4 is 23.2 Å². The molecular formula is C32H32Cl2O2Zr. The first-order valence-electron chi connectivity index (χ1n) is 13.3. The van der Waals surface area contributed by atoms with E-state index in [1.54, 1.807) is 24.3 Å². The molecule has 0 heterocycles. The maximum Gasteiger partial charge on any atom is 0.119 e. The molecule has 4 aliphatic rings. The van der Waals surface area contributed by atoms with Crippen molar-refractivity contribution in [1.82, 2.24) is 0 Å². The molecule has 2 N–H and O–H groups in total. The Morgan fingerprint density at radius 2 is 1.03 bits per heavy atom. The van der Waals surface area contributed by atoms with Crippen LogP contribution in [0, 0.1) is 0 Å². The van der Waals surface area contributed by atoms with Gasteiger partial charge in [-0.25, -0.2) is 0 Å². The topological polar surface area (TPSA) is 40.5 Å². The predicted octanol–water partition coefficient (Wildman–Crippen LogP) is 9.67. The van der Waals surface area contributed by atoms with Gasteiger partial charge in [0, 0.05) is 59.2 Å². The third kappa shape index (κ3) is 5.21. The van der Waals surface area contributed by atoms with Gasteiger partial charge in [0.25, 0.3) is 0 Å². The number of phenolic OH excluding ortho intramolecular Hbond substituents is 2. The van der Waals surface area contributed by atoms with Crippen molar-refractivity contribution in [2.45, 2.75) is 76.0 Å². The molecule has 0 bridgehead atoms. The van der Waals surface area contributed by atoms with E-state index in [9.17, 15) is 10.2 Å². The molecule has 0 amide bonds. The fraction of sp³-hybridized carbons (Fsp3) is 0.375. The molecule has 2 atom stereocenters. The Balaban J connectivity index is 0.00000280. The molecule has 6 rings (SSSR count). The van der Waals surface area contributed by atoms with Crippen molar-refractivity contribution in [1.29, 1.82) is 0 Å². The van der Waals surface area contributed by atoms with E-state index in [2.05, 4.69) is 12.2 Å². The minimum atomic E-state index is 0. The molecule has 0 spiro atoms. The fourth-order valence-electron chi connectivity index (χ4n) is 6.96. The van der Waals surface area contributed by atoms with Crippen molar-refractivity contribution in [2.24, 2.45) is 0 Å². The number of halogens is 2. The molecule has 2 nitrogen and oxygen atoms in total. The number of aromatic hydroxyl groups is 2. The van der Waals surface area contributed by atoms with Crippen molar-refractivity contribution in [3.63, 3.8) is 0 Å². The zero-order valence-electron chi connectivity index (χ0n) is 21.0. The van der Waals surface area contributed by atoms with Gasteiger partial charge in [-0.2, -0.15) is 0 Å². The molecule has 0 aromatic heterocycles. The number of hydrogen-bond acceptors (Lipinski definition) is 2. The van der Waals surface area contributed by atoms with Crippen molar-refractivity contribution in [3.05, 3.63) is 103 Å². The molecule has 0 fully saturated rings. The molecule has 190 valence electrons. The summed E-state index contributed by atoms with van der Waals surface area (Å²) >= 11 is 12.8. The van der Waals surface area contributed by atoms with E-state index >= 15 is 0 Å². The maximum atomic E-state index is 10.8. The normalized spacial score (nSPS) is 22.9. The first kappa shape index (κ1) is 27.0. The summed E-state index contributed by atoms with van der Waals surface area (Å²) in [7, 11) is 0. The quantitative estimate of drug-likeness (QED) is 0.354. The summed E-state index contributed by atoms with van der Waals surface area (Å²) in [5.41, 5.74) is 10.5. The van der Waals surface area contributed by atoms with Gasteiger partial charge in [-0.05, 0) is 112 Å². The van der Waals surface area contributed by atoms with Crippen molar-refractivity contribution in [3.8, 4) is 11.5 Å². The Labute approximate surface area is 248 Å². The number of phenols is 2. The van der Waals surface area contributed by atoms with E-state index < -0.39 is 0 Å². The third-order valence-electron chi connectivity index (χ3n) is 8.57. The van der Waals surface area contributed by atoms with Gasteiger partial charge in [0.05, 0.1) is 0 Å². The molecule has 0 saturated heterocycles. The first-order chi connectivity index (χ1) is 17.5. The Hall–Kier alpha value is -1.54. The van der Waals surface area contributed by atoms with Gasteiger partial charge in [0.15, 0.2) is 0 Å². The molecule has 4 aliphatic carbocycles. The zero-order valence-corrected chi connectivity index (χ0v) is 25.0. The Bertz CT molecular complexity index is 1250. The van der Waals surface area contributed by atoms with Crippen molar-refractivity contribution < 1.29 is 36.4 Å². The van der Waals surface area contributed by atoms with Crippen LogP contribution in [-0.4, -0.2) is 10.2 Å². The molecule has 5 heteroatoms. The summed E-state index contributed by atoms with van der Waals surface area (Å²) in [5, 5.41) is 22.9. The van der Waals surface area contributed by atoms with Gasteiger partial charge < -0.3 is 10.2 Å². The second kappa shape index (κ2) is 11.3. The summed E-state index contributed by atoms with van der Waals surface area (Å²) < 4.78 is 0. The zero-order chi connectivity index (χ0) is 24.8. The van der Waals surface area contributed by atoms with E-state index in [4.69, 9.17) is 23.2 Å². The maximum absolute atomic E-state index is 10.8. The average Bonchev–Trinajstić information content (AvgIpc) is 3.43. The molecule has 2 unspecified atom stereocenters. The van der Waals surface area contributed by atoms with Crippen molar-refractivity contribution in [2.75, 3.05) is 0 Å². The fourth-order valence-corrected chi connectivity index (χ4v) is 7.33. The molecule has 0 saturated carbocycles. The molecule has 0 aliphatic heterocycles. The van der Waals surface area contributed by atoms with E-state index in [0.29, 0.717) is 21.5 Å². The minimum Gasteiger partial charge on any atom is -0.508 e. The summed E-state index contributed by atoms with van der Waals surface area (Å²) in [6, 6.07) is 10.9. The molecule has 2 aromatic rings. The second-order valence-corrected chi connectivity index (χ2v) is 11.6. The van der Waals surface area contributed by atoms with Crippen LogP contribution in [0.1, 0.15) is 87.2 Å². The molecule has 37 heavy (non-hydrogen) atoms. The number of benzene rings is 2. The van der Waals surface area contributed by atoms with Gasteiger partial charge >= 0.3 is 0 Å². The monoisotopic (exact) mass is 608 g/mol. The van der Waals surface area contributed by atoms with E-state index in [0.717, 1.165) is 49.7 Å². The van der Waals surface area contributed by atoms with Crippen LogP contribution in [0.3, 0.4) is 0 Å². The summed E-state index contributed by atoms with van der Waals surface area (Å²) in [4.78, 5) is 0. The van der Waals surface area contributed by atoms with E-state index in [1.165, 1.54) is 59.1 Å². The number of hydrogen-bond donors (Lipinski definition) is 2. The van der Waals surface area contributed by atoms with Crippen LogP contribution >= 0.6 is 23.2 Å². The Kier molecular flexibility index (Phi) is 8.25. The molecular weight excluding hydrogens is 578 g/mol. The van der Waals surface area contributed by atoms with E-state index in [-0.39, 0.29) is 38.0 Å². The Morgan fingerprint density at radius 1 is 0.622 bits per heavy atom. The largest absolute Gasteiger partial charge is 0.508 e. The smallest absolute Gasteiger partial charge is 0.119 e. The van der Waals surface area contributed by atoms with Crippen LogP contribution in [0.5, 0.6) is 11.5 Å². The van der Waals surface area contributed by atoms with Gasteiger partial charge in [-0.3, -0.25) is 0 Å². The van der Waals surface area contributed by atoms with Gasteiger partial charge in [-0.15, -0.1) is 0 Å².